The van der Waals surface area contributed by atoms with Gasteiger partial charge in [0.15, 0.2) is 26.8 Å². The van der Waals surface area contributed by atoms with Crippen molar-refractivity contribution in [3.05, 3.63) is 40.9 Å². The molecule has 32 heavy (non-hydrogen) atoms. The van der Waals surface area contributed by atoms with Gasteiger partial charge in [0.1, 0.15) is 0 Å². The molecule has 2 heterocycles. The predicted molar refractivity (Wildman–Crippen MR) is 122 cm³/mol. The van der Waals surface area contributed by atoms with Crippen LogP contribution in [-0.2, 0) is 30.8 Å². The van der Waals surface area contributed by atoms with E-state index < -0.39 is 15.7 Å². The summed E-state index contributed by atoms with van der Waals surface area (Å²) in [6.07, 6.45) is 3.58. The number of nitrogens with one attached hydrogen (secondary N) is 1. The number of hydrogen-bond donors (Lipinski definition) is 1. The van der Waals surface area contributed by atoms with E-state index in [0.717, 1.165) is 11.4 Å². The lowest BCUT2D eigenvalue weighted by Crippen LogP contribution is -2.25. The van der Waals surface area contributed by atoms with Crippen LogP contribution in [0.4, 0.5) is 5.13 Å². The first kappa shape index (κ1) is 22.8. The number of nitrogens with zero attached hydrogens (tertiary/aromatic N) is 3. The van der Waals surface area contributed by atoms with Crippen LogP contribution in [0.25, 0.3) is 0 Å². The van der Waals surface area contributed by atoms with E-state index in [1.807, 2.05) is 19.0 Å². The number of sulfone groups is 1. The third kappa shape index (κ3) is 5.52. The standard InChI is InChI=1S/C21H26N4O5S2/c1-25(2)12-16-11-22-21(31-16)23-20(26)19(24-30-15-9-10-29-13-15)14-3-5-17(6-4-14)32(27,28)18-7-8-18/h3-6,11,15,18H,7-10,12-13H2,1-2H3,(H,22,23,26)/b24-19+/t15-/m1/s1. The van der Waals surface area contributed by atoms with Crippen molar-refractivity contribution in [1.82, 2.24) is 9.88 Å². The maximum atomic E-state index is 13.0. The van der Waals surface area contributed by atoms with Gasteiger partial charge in [-0.2, -0.15) is 0 Å². The summed E-state index contributed by atoms with van der Waals surface area (Å²) < 4.78 is 30.2. The summed E-state index contributed by atoms with van der Waals surface area (Å²) in [5.74, 6) is -0.479. The molecule has 1 saturated heterocycles. The third-order valence-corrected chi connectivity index (χ3v) is 8.24. The Morgan fingerprint density at radius 2 is 2.03 bits per heavy atom. The molecule has 0 radical (unpaired) electrons. The number of oxime groups is 1. The molecule has 1 atom stereocenters. The summed E-state index contributed by atoms with van der Waals surface area (Å²) in [4.78, 5) is 26.1. The van der Waals surface area contributed by atoms with Crippen LogP contribution in [0.5, 0.6) is 0 Å². The number of hydrogen-bond acceptors (Lipinski definition) is 9. The van der Waals surface area contributed by atoms with Gasteiger partial charge in [0.05, 0.1) is 23.4 Å². The molecule has 1 aliphatic heterocycles. The summed E-state index contributed by atoms with van der Waals surface area (Å²) in [6, 6.07) is 6.20. The maximum absolute atomic E-state index is 13.0. The minimum Gasteiger partial charge on any atom is -0.389 e. The first-order valence-corrected chi connectivity index (χ1v) is 12.8. The molecule has 1 aliphatic carbocycles. The molecule has 2 aromatic rings. The van der Waals surface area contributed by atoms with E-state index in [1.165, 1.54) is 23.5 Å². The molecule has 1 N–H and O–H groups in total. The van der Waals surface area contributed by atoms with E-state index in [4.69, 9.17) is 9.57 Å². The molecule has 2 fully saturated rings. The van der Waals surface area contributed by atoms with Gasteiger partial charge in [-0.05, 0) is 39.1 Å². The first-order valence-electron chi connectivity index (χ1n) is 10.4. The number of rotatable bonds is 9. The van der Waals surface area contributed by atoms with Crippen molar-refractivity contribution in [2.45, 2.75) is 42.1 Å². The molecule has 1 aromatic carbocycles. The Hall–Kier alpha value is -2.34. The molecular weight excluding hydrogens is 452 g/mol. The zero-order valence-electron chi connectivity index (χ0n) is 18.0. The predicted octanol–water partition coefficient (Wildman–Crippen LogP) is 2.29. The van der Waals surface area contributed by atoms with E-state index in [-0.39, 0.29) is 22.0 Å². The fourth-order valence-electron chi connectivity index (χ4n) is 3.23. The maximum Gasteiger partial charge on any atom is 0.280 e. The minimum atomic E-state index is -3.31. The van der Waals surface area contributed by atoms with Crippen molar-refractivity contribution in [1.29, 1.82) is 0 Å². The van der Waals surface area contributed by atoms with E-state index in [2.05, 4.69) is 15.5 Å². The fourth-order valence-corrected chi connectivity index (χ4v) is 5.81. The summed E-state index contributed by atoms with van der Waals surface area (Å²) in [7, 11) is 0.606. The molecule has 2 aliphatic rings. The van der Waals surface area contributed by atoms with E-state index in [0.29, 0.717) is 43.2 Å². The Morgan fingerprint density at radius 3 is 2.66 bits per heavy atom. The van der Waals surface area contributed by atoms with Gasteiger partial charge in [-0.15, -0.1) is 11.3 Å². The van der Waals surface area contributed by atoms with Gasteiger partial charge in [0.2, 0.25) is 0 Å². The van der Waals surface area contributed by atoms with Crippen molar-refractivity contribution in [2.75, 3.05) is 32.6 Å². The van der Waals surface area contributed by atoms with E-state index in [9.17, 15) is 13.2 Å². The number of amides is 1. The minimum absolute atomic E-state index is 0.0524. The molecule has 172 valence electrons. The zero-order chi connectivity index (χ0) is 22.7. The quantitative estimate of drug-likeness (QED) is 0.435. The molecule has 0 bridgehead atoms. The van der Waals surface area contributed by atoms with Gasteiger partial charge in [-0.3, -0.25) is 10.1 Å². The number of aromatic nitrogens is 1. The second-order valence-electron chi connectivity index (χ2n) is 8.12. The molecule has 0 spiro atoms. The highest BCUT2D eigenvalue weighted by Crippen LogP contribution is 2.33. The van der Waals surface area contributed by atoms with Crippen molar-refractivity contribution in [3.63, 3.8) is 0 Å². The number of benzene rings is 1. The molecule has 11 heteroatoms. The monoisotopic (exact) mass is 478 g/mol. The van der Waals surface area contributed by atoms with E-state index in [1.54, 1.807) is 18.3 Å². The van der Waals surface area contributed by atoms with Crippen LogP contribution in [-0.4, -0.2) is 68.6 Å². The highest BCUT2D eigenvalue weighted by Gasteiger charge is 2.36. The lowest BCUT2D eigenvalue weighted by atomic mass is 10.1. The molecule has 9 nitrogen and oxygen atoms in total. The first-order chi connectivity index (χ1) is 15.3. The third-order valence-electron chi connectivity index (χ3n) is 5.06. The van der Waals surface area contributed by atoms with E-state index >= 15 is 0 Å². The summed E-state index contributed by atoms with van der Waals surface area (Å²) in [6.45, 7) is 1.72. The summed E-state index contributed by atoms with van der Waals surface area (Å²) in [5, 5.41) is 7.04. The summed E-state index contributed by atoms with van der Waals surface area (Å²) in [5.41, 5.74) is 0.512. The van der Waals surface area contributed by atoms with Gasteiger partial charge >= 0.3 is 0 Å². The van der Waals surface area contributed by atoms with Gasteiger partial charge in [-0.25, -0.2) is 13.4 Å². The molecule has 1 amide bonds. The van der Waals surface area contributed by atoms with Crippen molar-refractivity contribution in [3.8, 4) is 0 Å². The number of ether oxygens (including phenoxy) is 1. The highest BCUT2D eigenvalue weighted by atomic mass is 32.2. The summed E-state index contributed by atoms with van der Waals surface area (Å²) >= 11 is 1.38. The number of thiazole rings is 1. The van der Waals surface area contributed by atoms with Gasteiger partial charge in [0.25, 0.3) is 5.91 Å². The van der Waals surface area contributed by atoms with Crippen LogP contribution in [0.3, 0.4) is 0 Å². The van der Waals surface area contributed by atoms with Crippen LogP contribution in [0, 0.1) is 0 Å². The highest BCUT2D eigenvalue weighted by molar-refractivity contribution is 7.92. The van der Waals surface area contributed by atoms with Crippen molar-refractivity contribution in [2.24, 2.45) is 5.16 Å². The average molecular weight is 479 g/mol. The number of anilines is 1. The Bertz CT molecular complexity index is 1090. The Labute approximate surface area is 191 Å². The fraction of sp³-hybridized carbons (Fsp3) is 0.476. The number of carbonyl (C=O) groups excluding carboxylic acids is 1. The molecule has 4 rings (SSSR count). The second-order valence-corrected chi connectivity index (χ2v) is 11.5. The van der Waals surface area contributed by atoms with Crippen LogP contribution in [0.15, 0.2) is 40.5 Å². The van der Waals surface area contributed by atoms with Crippen LogP contribution in [0.1, 0.15) is 29.7 Å². The Kier molecular flexibility index (Phi) is 6.89. The van der Waals surface area contributed by atoms with Gasteiger partial charge in [-0.1, -0.05) is 17.3 Å². The molecule has 0 unspecified atom stereocenters. The van der Waals surface area contributed by atoms with Crippen molar-refractivity contribution < 1.29 is 22.8 Å². The normalized spacial score (nSPS) is 19.3. The average Bonchev–Trinajstić information content (AvgIpc) is 3.34. The molecule has 1 aromatic heterocycles. The lowest BCUT2D eigenvalue weighted by Gasteiger charge is -2.10. The Morgan fingerprint density at radius 1 is 1.28 bits per heavy atom. The van der Waals surface area contributed by atoms with Crippen LogP contribution in [0.2, 0.25) is 0 Å². The zero-order valence-corrected chi connectivity index (χ0v) is 19.6. The second kappa shape index (κ2) is 9.65. The topological polar surface area (TPSA) is 110 Å². The van der Waals surface area contributed by atoms with Gasteiger partial charge < -0.3 is 14.5 Å². The Balaban J connectivity index is 1.54. The largest absolute Gasteiger partial charge is 0.389 e. The molecule has 1 saturated carbocycles. The van der Waals surface area contributed by atoms with Crippen LogP contribution >= 0.6 is 11.3 Å². The van der Waals surface area contributed by atoms with Crippen molar-refractivity contribution >= 4 is 37.9 Å². The SMILES string of the molecule is CN(C)Cc1cnc(NC(=O)/C(=N/O[C@@H]2CCOC2)c2ccc(S(=O)(=O)C3CC3)cc2)s1. The van der Waals surface area contributed by atoms with Gasteiger partial charge in [0, 0.05) is 29.6 Å². The molecular formula is C21H26N4O5S2. The smallest absolute Gasteiger partial charge is 0.280 e. The lowest BCUT2D eigenvalue weighted by molar-refractivity contribution is -0.110. The van der Waals surface area contributed by atoms with Crippen LogP contribution < -0.4 is 5.32 Å². The number of carbonyl (C=O) groups is 1.